The Kier molecular flexibility index (Phi) is 5.96. The Morgan fingerprint density at radius 3 is 2.40 bits per heavy atom. The minimum absolute atomic E-state index is 0.00734. The molecule has 2 aromatic carbocycles. The lowest BCUT2D eigenvalue weighted by Gasteiger charge is -2.47. The second-order valence-electron chi connectivity index (χ2n) is 10.5. The summed E-state index contributed by atoms with van der Waals surface area (Å²) in [6, 6.07) is 20.0. The largest absolute Gasteiger partial charge is 0.384 e. The molecule has 1 aliphatic carbocycles. The third-order valence-corrected chi connectivity index (χ3v) is 7.68. The molecule has 0 bridgehead atoms. The van der Waals surface area contributed by atoms with E-state index < -0.39 is 5.92 Å². The maximum absolute atomic E-state index is 13.7. The van der Waals surface area contributed by atoms with E-state index in [0.717, 1.165) is 16.8 Å². The summed E-state index contributed by atoms with van der Waals surface area (Å²) in [5.41, 5.74) is 17.4. The highest BCUT2D eigenvalue weighted by Crippen LogP contribution is 2.50. The normalized spacial score (nSPS) is 28.2. The van der Waals surface area contributed by atoms with Gasteiger partial charge in [0, 0.05) is 34.7 Å². The first-order valence-electron chi connectivity index (χ1n) is 12.0. The maximum Gasteiger partial charge on any atom is 0.162 e. The summed E-state index contributed by atoms with van der Waals surface area (Å²) in [5, 5.41) is 11.0. The number of Topliss-reactive ketones (excluding diaryl/α,β-unsaturated/α-hetero) is 1. The Morgan fingerprint density at radius 1 is 1.06 bits per heavy atom. The van der Waals surface area contributed by atoms with E-state index in [-0.39, 0.29) is 29.3 Å². The number of nitriles is 1. The van der Waals surface area contributed by atoms with Crippen LogP contribution in [0.3, 0.4) is 0 Å². The van der Waals surface area contributed by atoms with Crippen molar-refractivity contribution >= 4 is 17.4 Å². The van der Waals surface area contributed by atoms with Crippen molar-refractivity contribution in [3.63, 3.8) is 0 Å². The molecule has 4 unspecified atom stereocenters. The molecule has 1 fully saturated rings. The van der Waals surface area contributed by atoms with Crippen molar-refractivity contribution in [2.45, 2.75) is 57.7 Å². The molecule has 4 atom stereocenters. The molecule has 0 amide bonds. The van der Waals surface area contributed by atoms with Crippen LogP contribution in [0.15, 0.2) is 77.3 Å². The molecule has 3 aliphatic rings. The molecule has 180 valence electrons. The van der Waals surface area contributed by atoms with Crippen molar-refractivity contribution in [2.24, 2.45) is 11.1 Å². The monoisotopic (exact) mass is 487 g/mol. The van der Waals surface area contributed by atoms with E-state index in [0.29, 0.717) is 34.8 Å². The van der Waals surface area contributed by atoms with E-state index in [2.05, 4.69) is 37.7 Å². The van der Waals surface area contributed by atoms with Crippen LogP contribution in [0.1, 0.15) is 56.6 Å². The number of carbonyl (C=O) groups is 1. The predicted octanol–water partition coefficient (Wildman–Crippen LogP) is 4.68. The van der Waals surface area contributed by atoms with Gasteiger partial charge >= 0.3 is 0 Å². The minimum Gasteiger partial charge on any atom is -0.384 e. The molecule has 35 heavy (non-hydrogen) atoms. The first-order valence-corrected chi connectivity index (χ1v) is 12.4. The third kappa shape index (κ3) is 4.04. The van der Waals surface area contributed by atoms with Crippen LogP contribution in [0.2, 0.25) is 5.02 Å². The Labute approximate surface area is 211 Å². The molecule has 0 aromatic heterocycles. The van der Waals surface area contributed by atoms with Crippen molar-refractivity contribution in [1.29, 1.82) is 5.26 Å². The van der Waals surface area contributed by atoms with Gasteiger partial charge < -0.3 is 10.6 Å². The van der Waals surface area contributed by atoms with Crippen molar-refractivity contribution in [3.05, 3.63) is 93.4 Å². The molecule has 2 heterocycles. The Balaban J connectivity index is 1.70. The van der Waals surface area contributed by atoms with Crippen LogP contribution in [0, 0.1) is 16.7 Å². The standard InChI is InChI=1S/C28H30ClN5O/c1-16-23(18-9-11-19(29)12-10-18)27(33-32-16)34-21-13-28(2,3)14-22(35)25(21)24(20(15-30)26(34)31)17-7-5-4-6-8-17/h4-12,16,23-24,27,32-33H,13-14,31H2,1-3H3. The molecule has 6 nitrogen and oxygen atoms in total. The van der Waals surface area contributed by atoms with Gasteiger partial charge in [-0.3, -0.25) is 10.2 Å². The van der Waals surface area contributed by atoms with Crippen LogP contribution in [-0.2, 0) is 4.79 Å². The predicted molar refractivity (Wildman–Crippen MR) is 137 cm³/mol. The number of carbonyl (C=O) groups excluding carboxylic acids is 1. The van der Waals surface area contributed by atoms with Gasteiger partial charge in [-0.05, 0) is 42.0 Å². The number of nitrogens with two attached hydrogens (primary N) is 1. The summed E-state index contributed by atoms with van der Waals surface area (Å²) < 4.78 is 0. The molecule has 0 saturated carbocycles. The fourth-order valence-corrected chi connectivity index (χ4v) is 6.01. The molecule has 2 aromatic rings. The maximum atomic E-state index is 13.7. The van der Waals surface area contributed by atoms with Crippen LogP contribution >= 0.6 is 11.6 Å². The van der Waals surface area contributed by atoms with Gasteiger partial charge in [-0.15, -0.1) is 0 Å². The van der Waals surface area contributed by atoms with Crippen molar-refractivity contribution in [1.82, 2.24) is 15.8 Å². The van der Waals surface area contributed by atoms with Crippen molar-refractivity contribution in [2.75, 3.05) is 0 Å². The van der Waals surface area contributed by atoms with Gasteiger partial charge in [0.05, 0.1) is 17.6 Å². The van der Waals surface area contributed by atoms with Gasteiger partial charge in [-0.2, -0.15) is 5.26 Å². The van der Waals surface area contributed by atoms with E-state index in [4.69, 9.17) is 17.3 Å². The molecular formula is C28H30ClN5O. The Bertz CT molecular complexity index is 1260. The quantitative estimate of drug-likeness (QED) is 0.581. The number of nitrogens with zero attached hydrogens (tertiary/aromatic N) is 2. The lowest BCUT2D eigenvalue weighted by molar-refractivity contribution is -0.118. The summed E-state index contributed by atoms with van der Waals surface area (Å²) in [4.78, 5) is 15.7. The zero-order valence-electron chi connectivity index (χ0n) is 20.2. The number of hydrogen-bond donors (Lipinski definition) is 3. The average Bonchev–Trinajstić information content (AvgIpc) is 3.19. The molecule has 4 N–H and O–H groups in total. The number of nitrogens with one attached hydrogen (secondary N) is 2. The minimum atomic E-state index is -0.461. The third-order valence-electron chi connectivity index (χ3n) is 7.42. The highest BCUT2D eigenvalue weighted by molar-refractivity contribution is 6.30. The van der Waals surface area contributed by atoms with Crippen molar-refractivity contribution in [3.8, 4) is 6.07 Å². The van der Waals surface area contributed by atoms with Gasteiger partial charge in [0.2, 0.25) is 0 Å². The summed E-state index contributed by atoms with van der Waals surface area (Å²) in [6.45, 7) is 6.34. The SMILES string of the molecule is CC1NNC(N2C(N)=C(C#N)C(c3ccccc3)C3=C2CC(C)(C)CC3=O)C1c1ccc(Cl)cc1. The summed E-state index contributed by atoms with van der Waals surface area (Å²) in [5.74, 6) is 0.0279. The number of hydrazine groups is 1. The number of hydrogen-bond acceptors (Lipinski definition) is 6. The smallest absolute Gasteiger partial charge is 0.162 e. The highest BCUT2D eigenvalue weighted by Gasteiger charge is 2.49. The number of halogens is 1. The molecular weight excluding hydrogens is 458 g/mol. The first-order chi connectivity index (χ1) is 16.7. The molecule has 7 heteroatoms. The fourth-order valence-electron chi connectivity index (χ4n) is 5.88. The van der Waals surface area contributed by atoms with E-state index in [1.807, 2.05) is 59.5 Å². The van der Waals surface area contributed by atoms with Gasteiger partial charge in [-0.25, -0.2) is 5.43 Å². The average molecular weight is 488 g/mol. The van der Waals surface area contributed by atoms with E-state index in [1.54, 1.807) is 0 Å². The van der Waals surface area contributed by atoms with Gasteiger partial charge in [0.15, 0.2) is 5.78 Å². The number of rotatable bonds is 3. The lowest BCUT2D eigenvalue weighted by Crippen LogP contribution is -2.52. The zero-order valence-corrected chi connectivity index (χ0v) is 20.9. The fraction of sp³-hybridized carbons (Fsp3) is 0.357. The second kappa shape index (κ2) is 8.83. The summed E-state index contributed by atoms with van der Waals surface area (Å²) in [6.07, 6.45) is 0.851. The van der Waals surface area contributed by atoms with Crippen LogP contribution in [-0.4, -0.2) is 22.9 Å². The molecule has 0 spiro atoms. The van der Waals surface area contributed by atoms with E-state index in [1.165, 1.54) is 0 Å². The Hall–Kier alpha value is -3.11. The number of ketones is 1. The van der Waals surface area contributed by atoms with Crippen LogP contribution in [0.4, 0.5) is 0 Å². The number of benzene rings is 2. The molecule has 2 aliphatic heterocycles. The van der Waals surface area contributed by atoms with Crippen LogP contribution in [0.25, 0.3) is 0 Å². The number of allylic oxidation sites excluding steroid dienone is 3. The second-order valence-corrected chi connectivity index (χ2v) is 11.0. The van der Waals surface area contributed by atoms with Crippen LogP contribution < -0.4 is 16.6 Å². The Morgan fingerprint density at radius 2 is 1.74 bits per heavy atom. The molecule has 1 saturated heterocycles. The summed E-state index contributed by atoms with van der Waals surface area (Å²) >= 11 is 6.16. The van der Waals surface area contributed by atoms with Crippen LogP contribution in [0.5, 0.6) is 0 Å². The highest BCUT2D eigenvalue weighted by atomic mass is 35.5. The van der Waals surface area contributed by atoms with Gasteiger partial charge in [-0.1, -0.05) is 67.9 Å². The first kappa shape index (κ1) is 23.6. The molecule has 5 rings (SSSR count). The summed E-state index contributed by atoms with van der Waals surface area (Å²) in [7, 11) is 0. The van der Waals surface area contributed by atoms with E-state index >= 15 is 0 Å². The zero-order chi connectivity index (χ0) is 24.9. The molecule has 0 radical (unpaired) electrons. The van der Waals surface area contributed by atoms with Gasteiger partial charge in [0.25, 0.3) is 0 Å². The van der Waals surface area contributed by atoms with E-state index in [9.17, 15) is 10.1 Å². The van der Waals surface area contributed by atoms with Gasteiger partial charge in [0.1, 0.15) is 12.0 Å². The van der Waals surface area contributed by atoms with Crippen molar-refractivity contribution < 1.29 is 4.79 Å². The lowest BCUT2D eigenvalue weighted by atomic mass is 9.68. The topological polar surface area (TPSA) is 94.2 Å².